The minimum absolute atomic E-state index is 0.0328. The van der Waals surface area contributed by atoms with Crippen LogP contribution in [-0.4, -0.2) is 63.3 Å². The first-order chi connectivity index (χ1) is 16.6. The quantitative estimate of drug-likeness (QED) is 0.558. The highest BCUT2D eigenvalue weighted by Crippen LogP contribution is 2.33. The number of hydrogen-bond donors (Lipinski definition) is 2. The molecule has 2 amide bonds. The van der Waals surface area contributed by atoms with Crippen molar-refractivity contribution in [1.29, 1.82) is 0 Å². The van der Waals surface area contributed by atoms with Crippen molar-refractivity contribution in [3.63, 3.8) is 0 Å². The van der Waals surface area contributed by atoms with Gasteiger partial charge in [-0.1, -0.05) is 6.07 Å². The Morgan fingerprint density at radius 1 is 1.09 bits per heavy atom. The van der Waals surface area contributed by atoms with Gasteiger partial charge < -0.3 is 24.8 Å². The monoisotopic (exact) mass is 467 g/mol. The fourth-order valence-corrected chi connectivity index (χ4v) is 4.10. The van der Waals surface area contributed by atoms with Crippen LogP contribution in [0.25, 0.3) is 0 Å². The van der Waals surface area contributed by atoms with Gasteiger partial charge >= 0.3 is 0 Å². The summed E-state index contributed by atoms with van der Waals surface area (Å²) in [5, 5.41) is 5.98. The van der Waals surface area contributed by atoms with E-state index >= 15 is 0 Å². The van der Waals surface area contributed by atoms with E-state index in [2.05, 4.69) is 15.5 Å². The molecule has 2 aromatic carbocycles. The average molecular weight is 468 g/mol. The standard InChI is InChI=1S/C26H33N3O5/c1-3-34-23-11-8-20(16-24(23)32-2)22(29-12-14-33-15-13-29)17-27-25(30)18-6-9-21(10-7-18)28-26(31)19-4-5-19/h6-11,16,19,22H,3-5,12-15,17H2,1-2H3,(H,27,30)(H,28,31). The Kier molecular flexibility index (Phi) is 8.03. The molecule has 34 heavy (non-hydrogen) atoms. The van der Waals surface area contributed by atoms with Crippen LogP contribution in [0, 0.1) is 5.92 Å². The Labute approximate surface area is 200 Å². The SMILES string of the molecule is CCOc1ccc(C(CNC(=O)c2ccc(NC(=O)C3CC3)cc2)N2CCOCC2)cc1OC. The van der Waals surface area contributed by atoms with Crippen molar-refractivity contribution in [2.75, 3.05) is 51.9 Å². The first kappa shape index (κ1) is 24.0. The van der Waals surface area contributed by atoms with Gasteiger partial charge in [0.2, 0.25) is 5.91 Å². The number of anilines is 1. The lowest BCUT2D eigenvalue weighted by Gasteiger charge is -2.35. The highest BCUT2D eigenvalue weighted by Gasteiger charge is 2.29. The molecular weight excluding hydrogens is 434 g/mol. The summed E-state index contributed by atoms with van der Waals surface area (Å²) in [6, 6.07) is 12.9. The number of methoxy groups -OCH3 is 1. The molecule has 8 heteroatoms. The molecular formula is C26H33N3O5. The second-order valence-corrected chi connectivity index (χ2v) is 8.56. The van der Waals surface area contributed by atoms with Crippen LogP contribution in [0.5, 0.6) is 11.5 Å². The highest BCUT2D eigenvalue weighted by atomic mass is 16.5. The predicted octanol–water partition coefficient (Wildman–Crippen LogP) is 3.25. The number of rotatable bonds is 10. The highest BCUT2D eigenvalue weighted by molar-refractivity contribution is 5.96. The molecule has 1 saturated heterocycles. The maximum atomic E-state index is 12.9. The zero-order valence-electron chi connectivity index (χ0n) is 19.8. The van der Waals surface area contributed by atoms with Crippen molar-refractivity contribution < 1.29 is 23.8 Å². The molecule has 1 heterocycles. The average Bonchev–Trinajstić information content (AvgIpc) is 3.72. The van der Waals surface area contributed by atoms with E-state index in [1.807, 2.05) is 25.1 Å². The van der Waals surface area contributed by atoms with E-state index in [9.17, 15) is 9.59 Å². The van der Waals surface area contributed by atoms with E-state index in [1.165, 1.54) is 0 Å². The number of nitrogens with one attached hydrogen (secondary N) is 2. The zero-order chi connectivity index (χ0) is 23.9. The molecule has 0 spiro atoms. The summed E-state index contributed by atoms with van der Waals surface area (Å²) in [6.45, 7) is 5.82. The Balaban J connectivity index is 1.44. The number of amides is 2. The lowest BCUT2D eigenvalue weighted by Crippen LogP contribution is -2.43. The number of benzene rings is 2. The van der Waals surface area contributed by atoms with Gasteiger partial charge in [-0.2, -0.15) is 0 Å². The third-order valence-electron chi connectivity index (χ3n) is 6.18. The fourth-order valence-electron chi connectivity index (χ4n) is 4.10. The smallest absolute Gasteiger partial charge is 0.251 e. The van der Waals surface area contributed by atoms with Crippen molar-refractivity contribution in [2.45, 2.75) is 25.8 Å². The number of hydrogen-bond acceptors (Lipinski definition) is 6. The third kappa shape index (κ3) is 6.07. The largest absolute Gasteiger partial charge is 0.493 e. The zero-order valence-corrected chi connectivity index (χ0v) is 19.8. The maximum absolute atomic E-state index is 12.9. The molecule has 0 radical (unpaired) electrons. The molecule has 2 aliphatic rings. The number of carbonyl (C=O) groups excluding carboxylic acids is 2. The second-order valence-electron chi connectivity index (χ2n) is 8.56. The predicted molar refractivity (Wildman–Crippen MR) is 129 cm³/mol. The van der Waals surface area contributed by atoms with Crippen LogP contribution >= 0.6 is 0 Å². The van der Waals surface area contributed by atoms with Crippen LogP contribution < -0.4 is 20.1 Å². The van der Waals surface area contributed by atoms with Crippen LogP contribution in [0.1, 0.15) is 41.7 Å². The van der Waals surface area contributed by atoms with Gasteiger partial charge in [-0.15, -0.1) is 0 Å². The second kappa shape index (κ2) is 11.4. The molecule has 0 bridgehead atoms. The van der Waals surface area contributed by atoms with Crippen LogP contribution in [0.4, 0.5) is 5.69 Å². The first-order valence-corrected chi connectivity index (χ1v) is 11.9. The number of ether oxygens (including phenoxy) is 3. The third-order valence-corrected chi connectivity index (χ3v) is 6.18. The van der Waals surface area contributed by atoms with Gasteiger partial charge in [-0.05, 0) is 61.7 Å². The van der Waals surface area contributed by atoms with E-state index in [0.29, 0.717) is 49.1 Å². The Hall–Kier alpha value is -3.10. The maximum Gasteiger partial charge on any atom is 0.251 e. The van der Waals surface area contributed by atoms with Gasteiger partial charge in [0.25, 0.3) is 5.91 Å². The molecule has 1 aliphatic heterocycles. The minimum Gasteiger partial charge on any atom is -0.493 e. The molecule has 8 nitrogen and oxygen atoms in total. The van der Waals surface area contributed by atoms with E-state index < -0.39 is 0 Å². The van der Waals surface area contributed by atoms with E-state index in [4.69, 9.17) is 14.2 Å². The summed E-state index contributed by atoms with van der Waals surface area (Å²) in [4.78, 5) is 27.1. The Morgan fingerprint density at radius 2 is 1.82 bits per heavy atom. The topological polar surface area (TPSA) is 89.1 Å². The van der Waals surface area contributed by atoms with E-state index in [0.717, 1.165) is 31.5 Å². The summed E-state index contributed by atoms with van der Waals surface area (Å²) in [7, 11) is 1.63. The molecule has 1 atom stereocenters. The molecule has 182 valence electrons. The van der Waals surface area contributed by atoms with Crippen molar-refractivity contribution in [1.82, 2.24) is 10.2 Å². The lowest BCUT2D eigenvalue weighted by molar-refractivity contribution is -0.117. The van der Waals surface area contributed by atoms with Gasteiger partial charge in [0.1, 0.15) is 0 Å². The minimum atomic E-state index is -0.156. The number of morpholine rings is 1. The summed E-state index contributed by atoms with van der Waals surface area (Å²) >= 11 is 0. The van der Waals surface area contributed by atoms with Crippen molar-refractivity contribution in [2.24, 2.45) is 5.92 Å². The van der Waals surface area contributed by atoms with Crippen LogP contribution in [0.3, 0.4) is 0 Å². The summed E-state index contributed by atoms with van der Waals surface area (Å²) < 4.78 is 16.7. The lowest BCUT2D eigenvalue weighted by atomic mass is 10.0. The van der Waals surface area contributed by atoms with Gasteiger partial charge in [0, 0.05) is 36.8 Å². The van der Waals surface area contributed by atoms with Crippen molar-refractivity contribution in [3.05, 3.63) is 53.6 Å². The van der Waals surface area contributed by atoms with Crippen molar-refractivity contribution in [3.8, 4) is 11.5 Å². The molecule has 2 fully saturated rings. The van der Waals surface area contributed by atoms with Crippen molar-refractivity contribution >= 4 is 17.5 Å². The van der Waals surface area contributed by atoms with Gasteiger partial charge in [-0.25, -0.2) is 0 Å². The molecule has 1 unspecified atom stereocenters. The van der Waals surface area contributed by atoms with Gasteiger partial charge in [0.05, 0.1) is 33.0 Å². The van der Waals surface area contributed by atoms with E-state index in [1.54, 1.807) is 31.4 Å². The van der Waals surface area contributed by atoms with Crippen LogP contribution in [0.15, 0.2) is 42.5 Å². The van der Waals surface area contributed by atoms with Gasteiger partial charge in [-0.3, -0.25) is 14.5 Å². The molecule has 1 aliphatic carbocycles. The summed E-state index contributed by atoms with van der Waals surface area (Å²) in [6.07, 6.45) is 1.91. The first-order valence-electron chi connectivity index (χ1n) is 11.9. The number of nitrogens with zero attached hydrogens (tertiary/aromatic N) is 1. The van der Waals surface area contributed by atoms with Gasteiger partial charge in [0.15, 0.2) is 11.5 Å². The normalized spacial score (nSPS) is 17.0. The Bertz CT molecular complexity index is 984. The van der Waals surface area contributed by atoms with Crippen LogP contribution in [-0.2, 0) is 9.53 Å². The molecule has 4 rings (SSSR count). The van der Waals surface area contributed by atoms with E-state index in [-0.39, 0.29) is 23.8 Å². The summed E-state index contributed by atoms with van der Waals surface area (Å²) in [5.41, 5.74) is 2.30. The number of carbonyl (C=O) groups is 2. The summed E-state index contributed by atoms with van der Waals surface area (Å²) in [5.74, 6) is 1.41. The molecule has 2 N–H and O–H groups in total. The molecule has 1 saturated carbocycles. The molecule has 2 aromatic rings. The van der Waals surface area contributed by atoms with Crippen LogP contribution in [0.2, 0.25) is 0 Å². The molecule has 0 aromatic heterocycles. The fraction of sp³-hybridized carbons (Fsp3) is 0.462. The Morgan fingerprint density at radius 3 is 2.47 bits per heavy atom.